The van der Waals surface area contributed by atoms with Crippen LogP contribution in [0.3, 0.4) is 0 Å². The van der Waals surface area contributed by atoms with E-state index in [-0.39, 0.29) is 5.69 Å². The Morgan fingerprint density at radius 1 is 1.22 bits per heavy atom. The predicted octanol–water partition coefficient (Wildman–Crippen LogP) is 4.11. The van der Waals surface area contributed by atoms with Gasteiger partial charge in [0.1, 0.15) is 18.2 Å². The third kappa shape index (κ3) is 3.92. The standard InChI is InChI=1S/C17H13FN2O2S/c18-15-6-1-2-7-16(15)20-17(21)12-4-3-5-14(8-12)22-9-13-10-23-11-19-13/h1-8,10-11H,9H2,(H,20,21). The van der Waals surface area contributed by atoms with Gasteiger partial charge in [-0.1, -0.05) is 18.2 Å². The van der Waals surface area contributed by atoms with Crippen LogP contribution >= 0.6 is 11.3 Å². The maximum absolute atomic E-state index is 13.6. The van der Waals surface area contributed by atoms with Gasteiger partial charge >= 0.3 is 0 Å². The van der Waals surface area contributed by atoms with Crippen molar-refractivity contribution >= 4 is 22.9 Å². The largest absolute Gasteiger partial charge is 0.487 e. The first kappa shape index (κ1) is 15.2. The second-order valence-corrected chi connectivity index (χ2v) is 5.45. The average molecular weight is 328 g/mol. The van der Waals surface area contributed by atoms with E-state index in [9.17, 15) is 9.18 Å². The van der Waals surface area contributed by atoms with E-state index in [0.29, 0.717) is 17.9 Å². The van der Waals surface area contributed by atoms with E-state index in [1.807, 2.05) is 5.38 Å². The van der Waals surface area contributed by atoms with Gasteiger partial charge in [0.05, 0.1) is 16.9 Å². The number of hydrogen-bond donors (Lipinski definition) is 1. The van der Waals surface area contributed by atoms with Gasteiger partial charge in [-0.05, 0) is 30.3 Å². The van der Waals surface area contributed by atoms with Crippen LogP contribution in [-0.4, -0.2) is 10.9 Å². The highest BCUT2D eigenvalue weighted by Gasteiger charge is 2.10. The summed E-state index contributed by atoms with van der Waals surface area (Å²) in [4.78, 5) is 16.3. The van der Waals surface area contributed by atoms with E-state index >= 15 is 0 Å². The van der Waals surface area contributed by atoms with Crippen molar-refractivity contribution in [2.45, 2.75) is 6.61 Å². The maximum atomic E-state index is 13.6. The van der Waals surface area contributed by atoms with Crippen LogP contribution in [0, 0.1) is 5.82 Å². The molecule has 0 saturated carbocycles. The minimum atomic E-state index is -0.475. The number of carbonyl (C=O) groups is 1. The van der Waals surface area contributed by atoms with Gasteiger partial charge in [0.25, 0.3) is 5.91 Å². The van der Waals surface area contributed by atoms with Crippen LogP contribution < -0.4 is 10.1 Å². The zero-order chi connectivity index (χ0) is 16.1. The molecule has 6 heteroatoms. The molecule has 0 radical (unpaired) electrons. The summed E-state index contributed by atoms with van der Waals surface area (Å²) < 4.78 is 19.2. The topological polar surface area (TPSA) is 51.2 Å². The van der Waals surface area contributed by atoms with Crippen LogP contribution in [0.25, 0.3) is 0 Å². The van der Waals surface area contributed by atoms with Crippen molar-refractivity contribution in [2.75, 3.05) is 5.32 Å². The van der Waals surface area contributed by atoms with Crippen LogP contribution in [0.1, 0.15) is 16.1 Å². The first-order valence-corrected chi connectivity index (χ1v) is 7.82. The smallest absolute Gasteiger partial charge is 0.255 e. The number of nitrogens with one attached hydrogen (secondary N) is 1. The fourth-order valence-electron chi connectivity index (χ4n) is 1.95. The van der Waals surface area contributed by atoms with Gasteiger partial charge in [0.2, 0.25) is 0 Å². The van der Waals surface area contributed by atoms with Gasteiger partial charge in [0.15, 0.2) is 0 Å². The van der Waals surface area contributed by atoms with Gasteiger partial charge in [-0.2, -0.15) is 0 Å². The van der Waals surface area contributed by atoms with Gasteiger partial charge in [0, 0.05) is 10.9 Å². The quantitative estimate of drug-likeness (QED) is 0.767. The summed E-state index contributed by atoms with van der Waals surface area (Å²) in [7, 11) is 0. The second kappa shape index (κ2) is 7.02. The Bertz CT molecular complexity index is 806. The Morgan fingerprint density at radius 3 is 2.87 bits per heavy atom. The highest BCUT2D eigenvalue weighted by atomic mass is 32.1. The Labute approximate surface area is 136 Å². The minimum Gasteiger partial charge on any atom is -0.487 e. The second-order valence-electron chi connectivity index (χ2n) is 4.73. The first-order chi connectivity index (χ1) is 11.2. The van der Waals surface area contributed by atoms with Crippen molar-refractivity contribution in [2.24, 2.45) is 0 Å². The molecule has 0 aliphatic carbocycles. The molecule has 1 aromatic heterocycles. The number of carbonyl (C=O) groups excluding carboxylic acids is 1. The van der Waals surface area contributed by atoms with Crippen LogP contribution in [0.2, 0.25) is 0 Å². The fourth-order valence-corrected chi connectivity index (χ4v) is 2.49. The lowest BCUT2D eigenvalue weighted by Gasteiger charge is -2.08. The minimum absolute atomic E-state index is 0.145. The average Bonchev–Trinajstić information content (AvgIpc) is 3.09. The maximum Gasteiger partial charge on any atom is 0.255 e. The van der Waals surface area contributed by atoms with Crippen molar-refractivity contribution in [1.82, 2.24) is 4.98 Å². The van der Waals surface area contributed by atoms with E-state index in [0.717, 1.165) is 5.69 Å². The molecule has 0 aliphatic rings. The third-order valence-corrected chi connectivity index (χ3v) is 3.72. The highest BCUT2D eigenvalue weighted by Crippen LogP contribution is 2.18. The molecular weight excluding hydrogens is 315 g/mol. The number of hydrogen-bond acceptors (Lipinski definition) is 4. The lowest BCUT2D eigenvalue weighted by atomic mass is 10.2. The van der Waals surface area contributed by atoms with Crippen LogP contribution in [0.15, 0.2) is 59.4 Å². The SMILES string of the molecule is O=C(Nc1ccccc1F)c1cccc(OCc2cscn2)c1. The molecule has 1 heterocycles. The fraction of sp³-hybridized carbons (Fsp3) is 0.0588. The lowest BCUT2D eigenvalue weighted by Crippen LogP contribution is -2.13. The van der Waals surface area contributed by atoms with Gasteiger partial charge in [-0.15, -0.1) is 11.3 Å². The predicted molar refractivity (Wildman–Crippen MR) is 87.2 cm³/mol. The number of para-hydroxylation sites is 1. The number of rotatable bonds is 5. The van der Waals surface area contributed by atoms with Crippen molar-refractivity contribution in [3.05, 3.63) is 76.5 Å². The third-order valence-electron chi connectivity index (χ3n) is 3.09. The monoisotopic (exact) mass is 328 g/mol. The van der Waals surface area contributed by atoms with Gasteiger partial charge < -0.3 is 10.1 Å². The Morgan fingerprint density at radius 2 is 2.09 bits per heavy atom. The van der Waals surface area contributed by atoms with E-state index in [4.69, 9.17) is 4.74 Å². The molecule has 0 bridgehead atoms. The lowest BCUT2D eigenvalue weighted by molar-refractivity contribution is 0.102. The Hall–Kier alpha value is -2.73. The number of aromatic nitrogens is 1. The molecule has 0 saturated heterocycles. The molecule has 4 nitrogen and oxygen atoms in total. The summed E-state index contributed by atoms with van der Waals surface area (Å²) in [5.74, 6) is -0.315. The van der Waals surface area contributed by atoms with Crippen LogP contribution in [-0.2, 0) is 6.61 Å². The molecule has 0 fully saturated rings. The summed E-state index contributed by atoms with van der Waals surface area (Å²) in [6, 6.07) is 12.8. The van der Waals surface area contributed by atoms with Crippen molar-refractivity contribution in [1.29, 1.82) is 0 Å². The molecule has 0 spiro atoms. The molecule has 3 aromatic rings. The van der Waals surface area contributed by atoms with Gasteiger partial charge in [-0.3, -0.25) is 4.79 Å². The van der Waals surface area contributed by atoms with E-state index in [1.165, 1.54) is 23.5 Å². The number of benzene rings is 2. The van der Waals surface area contributed by atoms with Crippen molar-refractivity contribution in [3.8, 4) is 5.75 Å². The number of nitrogens with zero attached hydrogens (tertiary/aromatic N) is 1. The van der Waals surface area contributed by atoms with E-state index in [2.05, 4.69) is 10.3 Å². The molecular formula is C17H13FN2O2S. The van der Waals surface area contributed by atoms with Crippen molar-refractivity contribution in [3.63, 3.8) is 0 Å². The zero-order valence-electron chi connectivity index (χ0n) is 12.0. The summed E-state index contributed by atoms with van der Waals surface area (Å²) in [5, 5.41) is 4.44. The molecule has 2 aromatic carbocycles. The highest BCUT2D eigenvalue weighted by molar-refractivity contribution is 7.07. The van der Waals surface area contributed by atoms with E-state index < -0.39 is 11.7 Å². The summed E-state index contributed by atoms with van der Waals surface area (Å²) in [6.07, 6.45) is 0. The van der Waals surface area contributed by atoms with E-state index in [1.54, 1.807) is 41.9 Å². The molecule has 116 valence electrons. The number of halogens is 1. The molecule has 1 N–H and O–H groups in total. The van der Waals surface area contributed by atoms with Crippen LogP contribution in [0.5, 0.6) is 5.75 Å². The summed E-state index contributed by atoms with van der Waals surface area (Å²) in [5.41, 5.74) is 3.10. The molecule has 0 unspecified atom stereocenters. The van der Waals surface area contributed by atoms with Crippen LogP contribution in [0.4, 0.5) is 10.1 Å². The summed E-state index contributed by atoms with van der Waals surface area (Å²) in [6.45, 7) is 0.335. The summed E-state index contributed by atoms with van der Waals surface area (Å²) >= 11 is 1.49. The molecule has 23 heavy (non-hydrogen) atoms. The van der Waals surface area contributed by atoms with Crippen molar-refractivity contribution < 1.29 is 13.9 Å². The number of anilines is 1. The Balaban J connectivity index is 1.69. The molecule has 0 aliphatic heterocycles. The normalized spacial score (nSPS) is 10.3. The first-order valence-electron chi connectivity index (χ1n) is 6.88. The van der Waals surface area contributed by atoms with Gasteiger partial charge in [-0.25, -0.2) is 9.37 Å². The molecule has 3 rings (SSSR count). The number of ether oxygens (including phenoxy) is 1. The zero-order valence-corrected chi connectivity index (χ0v) is 12.8. The number of thiazole rings is 1. The number of amides is 1. The molecule has 1 amide bonds. The molecule has 0 atom stereocenters. The Kier molecular flexibility index (Phi) is 4.63.